The third-order valence-electron chi connectivity index (χ3n) is 5.42. The van der Waals surface area contributed by atoms with Crippen LogP contribution in [-0.2, 0) is 19.4 Å². The van der Waals surface area contributed by atoms with Crippen LogP contribution in [0.3, 0.4) is 0 Å². The van der Waals surface area contributed by atoms with Gasteiger partial charge in [0, 0.05) is 24.9 Å². The predicted octanol–water partition coefficient (Wildman–Crippen LogP) is 4.86. The van der Waals surface area contributed by atoms with E-state index in [0.717, 1.165) is 67.0 Å². The van der Waals surface area contributed by atoms with Gasteiger partial charge in [0.15, 0.2) is 11.6 Å². The molecule has 1 N–H and O–H groups in total. The van der Waals surface area contributed by atoms with Crippen LogP contribution in [0.4, 0.5) is 0 Å². The molecule has 0 atom stereocenters. The summed E-state index contributed by atoms with van der Waals surface area (Å²) in [7, 11) is 0. The molecular weight excluding hydrogens is 386 g/mol. The minimum Gasteiger partial charge on any atom is -0.250 e. The van der Waals surface area contributed by atoms with E-state index in [1.807, 2.05) is 18.2 Å². The highest BCUT2D eigenvalue weighted by atomic mass is 15.5. The van der Waals surface area contributed by atoms with E-state index in [2.05, 4.69) is 69.5 Å². The molecule has 0 bridgehead atoms. The second-order valence-electron chi connectivity index (χ2n) is 7.79. The summed E-state index contributed by atoms with van der Waals surface area (Å²) in [6.07, 6.45) is 6.36. The van der Waals surface area contributed by atoms with Gasteiger partial charge >= 0.3 is 0 Å². The van der Waals surface area contributed by atoms with Crippen LogP contribution in [0.15, 0.2) is 48.5 Å². The summed E-state index contributed by atoms with van der Waals surface area (Å²) in [4.78, 5) is 4.85. The Hall–Kier alpha value is -3.35. The van der Waals surface area contributed by atoms with E-state index in [4.69, 9.17) is 10.1 Å². The number of aromatic nitrogens is 7. The zero-order valence-corrected chi connectivity index (χ0v) is 18.3. The van der Waals surface area contributed by atoms with E-state index in [-0.39, 0.29) is 0 Å². The summed E-state index contributed by atoms with van der Waals surface area (Å²) in [5.74, 6) is 2.70. The van der Waals surface area contributed by atoms with E-state index in [9.17, 15) is 0 Å². The zero-order valence-electron chi connectivity index (χ0n) is 18.3. The lowest BCUT2D eigenvalue weighted by Gasteiger charge is -2.08. The van der Waals surface area contributed by atoms with Crippen LogP contribution in [0.2, 0.25) is 0 Å². The highest BCUT2D eigenvalue weighted by Crippen LogP contribution is 2.29. The lowest BCUT2D eigenvalue weighted by molar-refractivity contribution is 0.535. The van der Waals surface area contributed by atoms with Gasteiger partial charge in [0.1, 0.15) is 5.82 Å². The van der Waals surface area contributed by atoms with Crippen molar-refractivity contribution >= 4 is 0 Å². The van der Waals surface area contributed by atoms with E-state index in [1.165, 1.54) is 12.0 Å². The van der Waals surface area contributed by atoms with Gasteiger partial charge in [-0.15, -0.1) is 5.10 Å². The molecule has 0 fully saturated rings. The zero-order chi connectivity index (χ0) is 21.5. The number of H-pyrrole nitrogens is 1. The van der Waals surface area contributed by atoms with Crippen molar-refractivity contribution in [2.75, 3.05) is 0 Å². The molecule has 0 saturated carbocycles. The molecule has 0 saturated heterocycles. The molecule has 0 unspecified atom stereocenters. The normalized spacial score (nSPS) is 11.2. The lowest BCUT2D eigenvalue weighted by atomic mass is 9.98. The standard InChI is InChI=1S/C24H29N7/c1-3-5-11-23-25-22(28-31(23)16-6-4-2)17-18-12-14-19(15-13-18)20-9-7-8-10-21(20)24-26-29-30-27-24/h7-10,12-15H,3-6,11,16-17H2,1-2H3,(H,26,27,29,30). The van der Waals surface area contributed by atoms with Crippen molar-refractivity contribution in [1.82, 2.24) is 35.4 Å². The second-order valence-corrected chi connectivity index (χ2v) is 7.79. The Morgan fingerprint density at radius 1 is 0.903 bits per heavy atom. The number of unbranched alkanes of at least 4 members (excludes halogenated alkanes) is 2. The molecular formula is C24H29N7. The summed E-state index contributed by atoms with van der Waals surface area (Å²) in [5, 5.41) is 19.1. The Morgan fingerprint density at radius 3 is 2.39 bits per heavy atom. The van der Waals surface area contributed by atoms with Crippen LogP contribution in [-0.4, -0.2) is 35.4 Å². The van der Waals surface area contributed by atoms with Crippen molar-refractivity contribution in [2.45, 2.75) is 58.9 Å². The van der Waals surface area contributed by atoms with Crippen LogP contribution >= 0.6 is 0 Å². The third kappa shape index (κ3) is 5.05. The number of nitrogens with zero attached hydrogens (tertiary/aromatic N) is 6. The first-order valence-electron chi connectivity index (χ1n) is 11.1. The van der Waals surface area contributed by atoms with Gasteiger partial charge in [-0.1, -0.05) is 75.2 Å². The van der Waals surface area contributed by atoms with Gasteiger partial charge in [0.25, 0.3) is 0 Å². The summed E-state index contributed by atoms with van der Waals surface area (Å²) < 4.78 is 2.12. The van der Waals surface area contributed by atoms with Crippen molar-refractivity contribution in [2.24, 2.45) is 0 Å². The van der Waals surface area contributed by atoms with Gasteiger partial charge < -0.3 is 0 Å². The first-order valence-corrected chi connectivity index (χ1v) is 11.1. The van der Waals surface area contributed by atoms with Crippen LogP contribution in [0.5, 0.6) is 0 Å². The maximum Gasteiger partial charge on any atom is 0.180 e. The fourth-order valence-corrected chi connectivity index (χ4v) is 3.71. The highest BCUT2D eigenvalue weighted by Gasteiger charge is 2.12. The molecule has 0 radical (unpaired) electrons. The van der Waals surface area contributed by atoms with Crippen LogP contribution < -0.4 is 0 Å². The van der Waals surface area contributed by atoms with E-state index < -0.39 is 0 Å². The van der Waals surface area contributed by atoms with Gasteiger partial charge in [-0.25, -0.2) is 14.8 Å². The average Bonchev–Trinajstić information content (AvgIpc) is 3.47. The SMILES string of the molecule is CCCCc1nc(Cc2ccc(-c3ccccc3-c3nnn[nH]3)cc2)nn1CCCC. The molecule has 0 spiro atoms. The minimum atomic E-state index is 0.668. The van der Waals surface area contributed by atoms with Crippen LogP contribution in [0.1, 0.15) is 56.7 Å². The third-order valence-corrected chi connectivity index (χ3v) is 5.42. The highest BCUT2D eigenvalue weighted by molar-refractivity contribution is 5.80. The summed E-state index contributed by atoms with van der Waals surface area (Å²) >= 11 is 0. The van der Waals surface area contributed by atoms with Gasteiger partial charge in [0.05, 0.1) is 0 Å². The van der Waals surface area contributed by atoms with Gasteiger partial charge in [-0.2, -0.15) is 5.10 Å². The molecule has 0 amide bonds. The number of rotatable bonds is 10. The van der Waals surface area contributed by atoms with Crippen LogP contribution in [0, 0.1) is 0 Å². The molecule has 7 nitrogen and oxygen atoms in total. The van der Waals surface area contributed by atoms with Crippen molar-refractivity contribution < 1.29 is 0 Å². The van der Waals surface area contributed by atoms with Gasteiger partial charge in [0.2, 0.25) is 0 Å². The Bertz CT molecular complexity index is 1060. The van der Waals surface area contributed by atoms with E-state index >= 15 is 0 Å². The van der Waals surface area contributed by atoms with Crippen LogP contribution in [0.25, 0.3) is 22.5 Å². The second kappa shape index (κ2) is 10.1. The predicted molar refractivity (Wildman–Crippen MR) is 121 cm³/mol. The molecule has 4 rings (SSSR count). The summed E-state index contributed by atoms with van der Waals surface area (Å²) in [6, 6.07) is 16.7. The number of tetrazole rings is 1. The van der Waals surface area contributed by atoms with Crippen molar-refractivity contribution in [3.63, 3.8) is 0 Å². The fraction of sp³-hybridized carbons (Fsp3) is 0.375. The molecule has 0 aliphatic heterocycles. The Balaban J connectivity index is 1.53. The maximum atomic E-state index is 4.85. The fourth-order valence-electron chi connectivity index (χ4n) is 3.71. The number of aryl methyl sites for hydroxylation is 2. The summed E-state index contributed by atoms with van der Waals surface area (Å²) in [6.45, 7) is 5.38. The molecule has 7 heteroatoms. The molecule has 160 valence electrons. The number of aromatic amines is 1. The van der Waals surface area contributed by atoms with E-state index in [1.54, 1.807) is 0 Å². The van der Waals surface area contributed by atoms with E-state index in [0.29, 0.717) is 5.82 Å². The van der Waals surface area contributed by atoms with Crippen molar-refractivity contribution in [1.29, 1.82) is 0 Å². The maximum absolute atomic E-state index is 4.85. The van der Waals surface area contributed by atoms with Gasteiger partial charge in [-0.05, 0) is 40.0 Å². The Kier molecular flexibility index (Phi) is 6.82. The number of nitrogens with one attached hydrogen (secondary N) is 1. The Labute approximate surface area is 182 Å². The minimum absolute atomic E-state index is 0.668. The largest absolute Gasteiger partial charge is 0.250 e. The lowest BCUT2D eigenvalue weighted by Crippen LogP contribution is -2.06. The molecule has 31 heavy (non-hydrogen) atoms. The quantitative estimate of drug-likeness (QED) is 0.400. The average molecular weight is 416 g/mol. The molecule has 0 aliphatic carbocycles. The summed E-state index contributed by atoms with van der Waals surface area (Å²) in [5.41, 5.74) is 4.41. The first kappa shape index (κ1) is 20.9. The van der Waals surface area contributed by atoms with Crippen molar-refractivity contribution in [3.05, 3.63) is 65.7 Å². The monoisotopic (exact) mass is 415 g/mol. The number of hydrogen-bond donors (Lipinski definition) is 1. The topological polar surface area (TPSA) is 85.2 Å². The smallest absolute Gasteiger partial charge is 0.180 e. The Morgan fingerprint density at radius 2 is 1.68 bits per heavy atom. The number of benzene rings is 2. The van der Waals surface area contributed by atoms with Gasteiger partial charge in [-0.3, -0.25) is 0 Å². The molecule has 0 aliphatic rings. The number of hydrogen-bond acceptors (Lipinski definition) is 5. The molecule has 4 aromatic rings. The molecule has 2 aromatic heterocycles. The van der Waals surface area contributed by atoms with Crippen molar-refractivity contribution in [3.8, 4) is 22.5 Å². The first-order chi connectivity index (χ1) is 15.3. The molecule has 2 aromatic carbocycles. The molecule has 2 heterocycles.